The third-order valence-electron chi connectivity index (χ3n) is 5.77. The minimum absolute atomic E-state index is 0.170. The van der Waals surface area contributed by atoms with Crippen molar-refractivity contribution in [1.82, 2.24) is 4.90 Å². The number of hydrogen-bond donors (Lipinski definition) is 0. The van der Waals surface area contributed by atoms with E-state index in [4.69, 9.17) is 0 Å². The first-order chi connectivity index (χ1) is 13.5. The van der Waals surface area contributed by atoms with E-state index in [1.807, 2.05) is 44.2 Å². The van der Waals surface area contributed by atoms with Crippen molar-refractivity contribution in [3.63, 3.8) is 0 Å². The number of para-hydroxylation sites is 1. The Morgan fingerprint density at radius 2 is 1.75 bits per heavy atom. The van der Waals surface area contributed by atoms with Crippen LogP contribution < -0.4 is 4.90 Å². The first kappa shape index (κ1) is 18.5. The molecule has 0 radical (unpaired) electrons. The van der Waals surface area contributed by atoms with E-state index in [0.717, 1.165) is 42.6 Å². The zero-order chi connectivity index (χ0) is 19.8. The molecule has 0 N–H and O–H groups in total. The molecule has 0 aromatic heterocycles. The molecular formula is C24H26N2O2. The van der Waals surface area contributed by atoms with Gasteiger partial charge in [-0.1, -0.05) is 43.3 Å². The molecule has 4 heteroatoms. The highest BCUT2D eigenvalue weighted by atomic mass is 16.2. The second-order valence-electron chi connectivity index (χ2n) is 7.67. The van der Waals surface area contributed by atoms with Gasteiger partial charge in [0.15, 0.2) is 0 Å². The normalized spacial score (nSPS) is 16.8. The smallest absolute Gasteiger partial charge is 0.278 e. The molecule has 4 rings (SSSR count). The maximum atomic E-state index is 13.4. The maximum absolute atomic E-state index is 13.4. The van der Waals surface area contributed by atoms with Crippen molar-refractivity contribution in [1.29, 1.82) is 0 Å². The van der Waals surface area contributed by atoms with Gasteiger partial charge < -0.3 is 4.90 Å². The van der Waals surface area contributed by atoms with E-state index in [0.29, 0.717) is 17.8 Å². The van der Waals surface area contributed by atoms with Crippen molar-refractivity contribution in [3.05, 3.63) is 70.4 Å². The average molecular weight is 374 g/mol. The molecule has 0 bridgehead atoms. The Bertz CT molecular complexity index is 990. The summed E-state index contributed by atoms with van der Waals surface area (Å²) in [5.41, 5.74) is 6.48. The van der Waals surface area contributed by atoms with Crippen LogP contribution in [0.5, 0.6) is 0 Å². The maximum Gasteiger partial charge on any atom is 0.278 e. The molecule has 2 amide bonds. The number of carbonyl (C=O) groups is 2. The minimum Gasteiger partial charge on any atom is -0.336 e. The third kappa shape index (κ3) is 2.93. The van der Waals surface area contributed by atoms with Crippen LogP contribution in [0, 0.1) is 13.8 Å². The number of carbonyl (C=O) groups excluding carboxylic acids is 2. The van der Waals surface area contributed by atoms with Crippen molar-refractivity contribution in [2.24, 2.45) is 0 Å². The van der Waals surface area contributed by atoms with Crippen LogP contribution >= 0.6 is 0 Å². The van der Waals surface area contributed by atoms with Crippen LogP contribution in [-0.4, -0.2) is 29.8 Å². The Hall–Kier alpha value is -2.88. The molecule has 28 heavy (non-hydrogen) atoms. The van der Waals surface area contributed by atoms with Crippen molar-refractivity contribution >= 4 is 23.1 Å². The second kappa shape index (κ2) is 7.27. The van der Waals surface area contributed by atoms with Crippen molar-refractivity contribution in [3.8, 4) is 0 Å². The lowest BCUT2D eigenvalue weighted by molar-refractivity contribution is -0.136. The fourth-order valence-corrected chi connectivity index (χ4v) is 4.16. The van der Waals surface area contributed by atoms with Crippen molar-refractivity contribution in [2.45, 2.75) is 40.0 Å². The Balaban J connectivity index is 1.91. The number of imide groups is 1. The summed E-state index contributed by atoms with van der Waals surface area (Å²) < 4.78 is 0. The van der Waals surface area contributed by atoms with Crippen molar-refractivity contribution in [2.75, 3.05) is 18.0 Å². The number of anilines is 1. The molecule has 4 nitrogen and oxygen atoms in total. The summed E-state index contributed by atoms with van der Waals surface area (Å²) >= 11 is 0. The van der Waals surface area contributed by atoms with Gasteiger partial charge in [0, 0.05) is 18.8 Å². The van der Waals surface area contributed by atoms with Crippen LogP contribution in [-0.2, 0) is 16.0 Å². The van der Waals surface area contributed by atoms with E-state index >= 15 is 0 Å². The molecule has 2 heterocycles. The second-order valence-corrected chi connectivity index (χ2v) is 7.67. The molecule has 0 saturated carbocycles. The lowest BCUT2D eigenvalue weighted by Gasteiger charge is -2.32. The van der Waals surface area contributed by atoms with Crippen LogP contribution in [0.4, 0.5) is 5.69 Å². The Morgan fingerprint density at radius 3 is 2.50 bits per heavy atom. The van der Waals surface area contributed by atoms with Crippen LogP contribution in [0.2, 0.25) is 0 Å². The molecule has 0 aliphatic carbocycles. The fraction of sp³-hybridized carbons (Fsp3) is 0.333. The van der Waals surface area contributed by atoms with Gasteiger partial charge in [0.1, 0.15) is 5.70 Å². The SMILES string of the molecule is CCCN1C(=O)C(c2ccc(C)c(C)c2)=C(N2CCCc3ccccc32)C1=O. The Morgan fingerprint density at radius 1 is 0.964 bits per heavy atom. The molecule has 0 spiro atoms. The number of hydrogen-bond acceptors (Lipinski definition) is 3. The fourth-order valence-electron chi connectivity index (χ4n) is 4.16. The number of rotatable bonds is 4. The van der Waals surface area contributed by atoms with Gasteiger partial charge in [0.05, 0.1) is 5.57 Å². The summed E-state index contributed by atoms with van der Waals surface area (Å²) in [7, 11) is 0. The number of fused-ring (bicyclic) bond motifs is 1. The largest absolute Gasteiger partial charge is 0.336 e. The van der Waals surface area contributed by atoms with Gasteiger partial charge in [-0.15, -0.1) is 0 Å². The highest BCUT2D eigenvalue weighted by Gasteiger charge is 2.42. The monoisotopic (exact) mass is 374 g/mol. The topological polar surface area (TPSA) is 40.6 Å². The summed E-state index contributed by atoms with van der Waals surface area (Å²) in [5, 5.41) is 0. The van der Waals surface area contributed by atoms with Gasteiger partial charge in [-0.2, -0.15) is 0 Å². The van der Waals surface area contributed by atoms with E-state index in [1.54, 1.807) is 0 Å². The summed E-state index contributed by atoms with van der Waals surface area (Å²) in [6.45, 7) is 7.29. The quantitative estimate of drug-likeness (QED) is 0.752. The number of aryl methyl sites for hydroxylation is 3. The molecule has 0 fully saturated rings. The van der Waals surface area contributed by atoms with Crippen LogP contribution in [0.15, 0.2) is 48.2 Å². The number of amides is 2. The summed E-state index contributed by atoms with van der Waals surface area (Å²) in [4.78, 5) is 30.1. The summed E-state index contributed by atoms with van der Waals surface area (Å²) in [6, 6.07) is 14.2. The summed E-state index contributed by atoms with van der Waals surface area (Å²) in [6.07, 6.45) is 2.72. The van der Waals surface area contributed by atoms with E-state index in [1.165, 1.54) is 16.0 Å². The number of nitrogens with zero attached hydrogens (tertiary/aromatic N) is 2. The lowest BCUT2D eigenvalue weighted by atomic mass is 9.97. The summed E-state index contributed by atoms with van der Waals surface area (Å²) in [5.74, 6) is -0.343. The zero-order valence-electron chi connectivity index (χ0n) is 16.8. The third-order valence-corrected chi connectivity index (χ3v) is 5.77. The van der Waals surface area contributed by atoms with Crippen LogP contribution in [0.3, 0.4) is 0 Å². The molecule has 2 aliphatic rings. The predicted molar refractivity (Wildman–Crippen MR) is 112 cm³/mol. The molecule has 0 saturated heterocycles. The molecule has 2 aliphatic heterocycles. The van der Waals surface area contributed by atoms with E-state index in [2.05, 4.69) is 24.0 Å². The highest BCUT2D eigenvalue weighted by Crippen LogP contribution is 2.38. The highest BCUT2D eigenvalue weighted by molar-refractivity contribution is 6.36. The van der Waals surface area contributed by atoms with Gasteiger partial charge in [0.25, 0.3) is 11.8 Å². The molecule has 2 aromatic carbocycles. The first-order valence-electron chi connectivity index (χ1n) is 10.1. The first-order valence-corrected chi connectivity index (χ1v) is 10.1. The zero-order valence-corrected chi connectivity index (χ0v) is 16.8. The predicted octanol–water partition coefficient (Wildman–Crippen LogP) is 4.25. The van der Waals surface area contributed by atoms with Crippen molar-refractivity contribution < 1.29 is 9.59 Å². The lowest BCUT2D eigenvalue weighted by Crippen LogP contribution is -2.37. The molecule has 2 aromatic rings. The molecule has 0 atom stereocenters. The van der Waals surface area contributed by atoms with Crippen LogP contribution in [0.25, 0.3) is 5.57 Å². The molecular weight excluding hydrogens is 348 g/mol. The standard InChI is InChI=1S/C24H26N2O2/c1-4-13-26-23(27)21(19-12-11-16(2)17(3)15-19)22(24(26)28)25-14-7-9-18-8-5-6-10-20(18)25/h5-6,8,10-12,15H,4,7,9,13-14H2,1-3H3. The molecule has 144 valence electrons. The van der Waals surface area contributed by atoms with Gasteiger partial charge >= 0.3 is 0 Å². The Kier molecular flexibility index (Phi) is 4.80. The minimum atomic E-state index is -0.173. The van der Waals surface area contributed by atoms with E-state index < -0.39 is 0 Å². The molecule has 0 unspecified atom stereocenters. The average Bonchev–Trinajstić information content (AvgIpc) is 2.94. The van der Waals surface area contributed by atoms with Gasteiger partial charge in [-0.05, 0) is 61.4 Å². The van der Waals surface area contributed by atoms with Gasteiger partial charge in [0.2, 0.25) is 0 Å². The van der Waals surface area contributed by atoms with E-state index in [9.17, 15) is 9.59 Å². The van der Waals surface area contributed by atoms with Crippen LogP contribution in [0.1, 0.15) is 42.0 Å². The Labute approximate surface area is 166 Å². The van der Waals surface area contributed by atoms with E-state index in [-0.39, 0.29) is 11.8 Å². The number of benzene rings is 2. The van der Waals surface area contributed by atoms with Gasteiger partial charge in [-0.3, -0.25) is 14.5 Å². The van der Waals surface area contributed by atoms with Gasteiger partial charge in [-0.25, -0.2) is 0 Å².